The number of ketones is 2. The zero-order valence-electron chi connectivity index (χ0n) is 21.6. The minimum atomic E-state index is -0.332. The standard InChI is InChI=1S/C32H29NO4S/c1-32(2)18-24(34)27(25(35)19-32)30-26(20-10-6-4-7-11-20)28(29(36)21-14-16-23(37-3)17-15-21)31(38-30)33-22-12-8-5-9-13-22/h4-17,33-34H,18-19H2,1-3H3. The molecule has 0 atom stereocenters. The first kappa shape index (κ1) is 25.5. The molecule has 1 aliphatic carbocycles. The maximum absolute atomic E-state index is 14.2. The van der Waals surface area contributed by atoms with Gasteiger partial charge in [-0.25, -0.2) is 0 Å². The number of benzene rings is 3. The molecule has 4 aromatic rings. The van der Waals surface area contributed by atoms with Crippen LogP contribution in [0.4, 0.5) is 10.7 Å². The van der Waals surface area contributed by atoms with Crippen LogP contribution in [0.1, 0.15) is 47.5 Å². The molecule has 3 aromatic carbocycles. The van der Waals surface area contributed by atoms with Gasteiger partial charge in [-0.1, -0.05) is 62.4 Å². The van der Waals surface area contributed by atoms with Crippen molar-refractivity contribution in [2.45, 2.75) is 26.7 Å². The highest BCUT2D eigenvalue weighted by Crippen LogP contribution is 2.49. The van der Waals surface area contributed by atoms with E-state index in [0.717, 1.165) is 11.3 Å². The molecule has 1 aliphatic rings. The average Bonchev–Trinajstić information content (AvgIpc) is 3.26. The van der Waals surface area contributed by atoms with Crippen LogP contribution in [0, 0.1) is 5.41 Å². The molecule has 38 heavy (non-hydrogen) atoms. The predicted molar refractivity (Wildman–Crippen MR) is 153 cm³/mol. The average molecular weight is 524 g/mol. The zero-order chi connectivity index (χ0) is 26.9. The number of nitrogens with one attached hydrogen (secondary N) is 1. The minimum Gasteiger partial charge on any atom is -0.511 e. The number of ether oxygens (including phenoxy) is 1. The number of allylic oxidation sites excluding steroid dienone is 2. The van der Waals surface area contributed by atoms with Gasteiger partial charge in [-0.15, -0.1) is 11.3 Å². The van der Waals surface area contributed by atoms with Gasteiger partial charge >= 0.3 is 0 Å². The first-order valence-corrected chi connectivity index (χ1v) is 13.3. The van der Waals surface area contributed by atoms with E-state index in [1.54, 1.807) is 31.4 Å². The van der Waals surface area contributed by atoms with Crippen molar-refractivity contribution >= 4 is 39.2 Å². The summed E-state index contributed by atoms with van der Waals surface area (Å²) in [5, 5.41) is 15.2. The first-order chi connectivity index (χ1) is 18.3. The quantitative estimate of drug-likeness (QED) is 0.240. The number of thiophene rings is 1. The number of anilines is 2. The Morgan fingerprint density at radius 2 is 1.55 bits per heavy atom. The van der Waals surface area contributed by atoms with Crippen LogP contribution in [0.2, 0.25) is 0 Å². The van der Waals surface area contributed by atoms with E-state index in [1.807, 2.05) is 74.5 Å². The van der Waals surface area contributed by atoms with Crippen molar-refractivity contribution in [1.82, 2.24) is 0 Å². The molecule has 0 amide bonds. The predicted octanol–water partition coefficient (Wildman–Crippen LogP) is 8.06. The molecule has 192 valence electrons. The third kappa shape index (κ3) is 5.00. The highest BCUT2D eigenvalue weighted by Gasteiger charge is 2.37. The fraction of sp³-hybridized carbons (Fsp3) is 0.188. The highest BCUT2D eigenvalue weighted by molar-refractivity contribution is 7.18. The number of methoxy groups -OCH3 is 1. The molecular weight excluding hydrogens is 494 g/mol. The first-order valence-electron chi connectivity index (χ1n) is 12.5. The van der Waals surface area contributed by atoms with Gasteiger partial charge in [0.15, 0.2) is 11.6 Å². The number of aliphatic hydroxyl groups excluding tert-OH is 1. The second-order valence-electron chi connectivity index (χ2n) is 10.2. The molecule has 0 aliphatic heterocycles. The van der Waals surface area contributed by atoms with E-state index in [1.165, 1.54) is 11.3 Å². The molecule has 0 saturated carbocycles. The number of para-hydroxylation sites is 1. The van der Waals surface area contributed by atoms with Crippen LogP contribution in [-0.4, -0.2) is 23.8 Å². The molecule has 0 fully saturated rings. The number of hydrogen-bond acceptors (Lipinski definition) is 6. The fourth-order valence-corrected chi connectivity index (χ4v) is 6.20. The number of hydrogen-bond donors (Lipinski definition) is 2. The summed E-state index contributed by atoms with van der Waals surface area (Å²) < 4.78 is 5.28. The van der Waals surface area contributed by atoms with E-state index in [0.29, 0.717) is 50.7 Å². The molecule has 0 unspecified atom stereocenters. The molecule has 0 saturated heterocycles. The van der Waals surface area contributed by atoms with Crippen LogP contribution in [0.3, 0.4) is 0 Å². The van der Waals surface area contributed by atoms with E-state index in [4.69, 9.17) is 4.74 Å². The van der Waals surface area contributed by atoms with Crippen molar-refractivity contribution in [3.63, 3.8) is 0 Å². The van der Waals surface area contributed by atoms with Gasteiger partial charge in [0.1, 0.15) is 16.5 Å². The summed E-state index contributed by atoms with van der Waals surface area (Å²) in [5.41, 5.74) is 3.19. The van der Waals surface area contributed by atoms with Gasteiger partial charge in [0.25, 0.3) is 0 Å². The summed E-state index contributed by atoms with van der Waals surface area (Å²) in [6, 6.07) is 26.2. The van der Waals surface area contributed by atoms with Gasteiger partial charge in [0.05, 0.1) is 23.1 Å². The van der Waals surface area contributed by atoms with Gasteiger partial charge in [-0.3, -0.25) is 9.59 Å². The Kier molecular flexibility index (Phi) is 6.91. The zero-order valence-corrected chi connectivity index (χ0v) is 22.4. The summed E-state index contributed by atoms with van der Waals surface area (Å²) in [6.45, 7) is 3.96. The van der Waals surface area contributed by atoms with E-state index >= 15 is 0 Å². The number of Topliss-reactive ketones (excluding diaryl/α,β-unsaturated/α-hetero) is 1. The van der Waals surface area contributed by atoms with Crippen LogP contribution in [0.25, 0.3) is 16.7 Å². The highest BCUT2D eigenvalue weighted by atomic mass is 32.1. The third-order valence-electron chi connectivity index (χ3n) is 6.66. The van der Waals surface area contributed by atoms with Gasteiger partial charge in [-0.2, -0.15) is 0 Å². The summed E-state index contributed by atoms with van der Waals surface area (Å²) in [5.74, 6) is 0.423. The smallest absolute Gasteiger partial charge is 0.196 e. The summed E-state index contributed by atoms with van der Waals surface area (Å²) >= 11 is 1.33. The topological polar surface area (TPSA) is 75.6 Å². The summed E-state index contributed by atoms with van der Waals surface area (Å²) in [6.07, 6.45) is 0.713. The molecule has 0 spiro atoms. The number of aliphatic hydroxyl groups is 1. The minimum absolute atomic E-state index is 0.0689. The summed E-state index contributed by atoms with van der Waals surface area (Å²) in [7, 11) is 1.58. The lowest BCUT2D eigenvalue weighted by molar-refractivity contribution is -0.116. The number of carbonyl (C=O) groups excluding carboxylic acids is 2. The molecule has 0 bridgehead atoms. The van der Waals surface area contributed by atoms with Gasteiger partial charge in [0.2, 0.25) is 0 Å². The van der Waals surface area contributed by atoms with Crippen molar-refractivity contribution in [2.75, 3.05) is 12.4 Å². The molecule has 0 radical (unpaired) electrons. The van der Waals surface area contributed by atoms with Gasteiger partial charge < -0.3 is 15.2 Å². The van der Waals surface area contributed by atoms with Crippen LogP contribution in [0.5, 0.6) is 5.75 Å². The van der Waals surface area contributed by atoms with Crippen LogP contribution in [-0.2, 0) is 4.79 Å². The second-order valence-corrected chi connectivity index (χ2v) is 11.2. The van der Waals surface area contributed by atoms with Crippen molar-refractivity contribution in [1.29, 1.82) is 0 Å². The number of carbonyl (C=O) groups is 2. The maximum Gasteiger partial charge on any atom is 0.196 e. The van der Waals surface area contributed by atoms with Crippen molar-refractivity contribution in [2.24, 2.45) is 5.41 Å². The van der Waals surface area contributed by atoms with E-state index < -0.39 is 0 Å². The Morgan fingerprint density at radius 1 is 0.921 bits per heavy atom. The molecule has 5 nitrogen and oxygen atoms in total. The Bertz CT molecular complexity index is 1520. The Hall–Kier alpha value is -4.16. The number of rotatable bonds is 7. The van der Waals surface area contributed by atoms with Crippen LogP contribution in [0.15, 0.2) is 90.7 Å². The lowest BCUT2D eigenvalue weighted by Crippen LogP contribution is -2.25. The SMILES string of the molecule is COc1ccc(C(=O)c2c(Nc3ccccc3)sc(C3=C(O)CC(C)(C)CC3=O)c2-c2ccccc2)cc1. The lowest BCUT2D eigenvalue weighted by Gasteiger charge is -2.29. The summed E-state index contributed by atoms with van der Waals surface area (Å²) in [4.78, 5) is 28.2. The molecular formula is C32H29NO4S. The van der Waals surface area contributed by atoms with E-state index in [2.05, 4.69) is 5.32 Å². The van der Waals surface area contributed by atoms with Gasteiger partial charge in [0, 0.05) is 29.7 Å². The van der Waals surface area contributed by atoms with Crippen LogP contribution >= 0.6 is 11.3 Å². The van der Waals surface area contributed by atoms with Gasteiger partial charge in [-0.05, 0) is 47.4 Å². The Balaban J connectivity index is 1.78. The largest absolute Gasteiger partial charge is 0.511 e. The van der Waals surface area contributed by atoms with E-state index in [9.17, 15) is 14.7 Å². The molecule has 2 N–H and O–H groups in total. The van der Waals surface area contributed by atoms with Crippen LogP contribution < -0.4 is 10.1 Å². The Morgan fingerprint density at radius 3 is 2.16 bits per heavy atom. The molecule has 1 heterocycles. The van der Waals surface area contributed by atoms with Crippen molar-refractivity contribution < 1.29 is 19.4 Å². The Labute approximate surface area is 226 Å². The third-order valence-corrected chi connectivity index (χ3v) is 7.78. The van der Waals surface area contributed by atoms with E-state index in [-0.39, 0.29) is 22.7 Å². The molecule has 5 rings (SSSR count). The second kappa shape index (κ2) is 10.3. The lowest BCUT2D eigenvalue weighted by atomic mass is 9.75. The normalized spacial score (nSPS) is 14.9. The monoisotopic (exact) mass is 523 g/mol. The molecule has 1 aromatic heterocycles. The maximum atomic E-state index is 14.2. The fourth-order valence-electron chi connectivity index (χ4n) is 4.88. The van der Waals surface area contributed by atoms with Crippen molar-refractivity contribution in [3.05, 3.63) is 107 Å². The molecule has 6 heteroatoms. The van der Waals surface area contributed by atoms with Crippen molar-refractivity contribution in [3.8, 4) is 16.9 Å².